The minimum atomic E-state index is 0.640. The molecular formula is C9H7IN2O. The summed E-state index contributed by atoms with van der Waals surface area (Å²) in [4.78, 5) is 3.99. The van der Waals surface area contributed by atoms with E-state index in [9.17, 15) is 0 Å². The molecule has 1 heterocycles. The van der Waals surface area contributed by atoms with E-state index in [1.54, 1.807) is 0 Å². The van der Waals surface area contributed by atoms with Crippen LogP contribution in [-0.2, 0) is 0 Å². The van der Waals surface area contributed by atoms with Crippen LogP contribution in [0.1, 0.15) is 5.56 Å². The quantitative estimate of drug-likeness (QED) is 0.756. The first-order valence-electron chi connectivity index (χ1n) is 3.79. The second-order valence-corrected chi connectivity index (χ2v) is 4.02. The van der Waals surface area contributed by atoms with Gasteiger partial charge < -0.3 is 4.52 Å². The lowest BCUT2D eigenvalue weighted by Crippen LogP contribution is -1.83. The third-order valence-corrected chi connectivity index (χ3v) is 2.28. The van der Waals surface area contributed by atoms with Gasteiger partial charge in [0.25, 0.3) is 0 Å². The van der Waals surface area contributed by atoms with Gasteiger partial charge in [0.2, 0.25) is 12.2 Å². The predicted octanol–water partition coefficient (Wildman–Crippen LogP) is 2.65. The Labute approximate surface area is 89.3 Å². The van der Waals surface area contributed by atoms with Crippen molar-refractivity contribution in [2.24, 2.45) is 0 Å². The molecule has 0 saturated heterocycles. The van der Waals surface area contributed by atoms with Crippen molar-refractivity contribution >= 4 is 22.6 Å². The van der Waals surface area contributed by atoms with Gasteiger partial charge in [0.05, 0.1) is 0 Å². The van der Waals surface area contributed by atoms with Gasteiger partial charge in [-0.2, -0.15) is 4.98 Å². The Hall–Kier alpha value is -0.910. The van der Waals surface area contributed by atoms with Crippen molar-refractivity contribution in [3.05, 3.63) is 33.7 Å². The molecule has 0 saturated carbocycles. The van der Waals surface area contributed by atoms with Crippen LogP contribution in [0.4, 0.5) is 0 Å². The normalized spacial score (nSPS) is 10.3. The summed E-state index contributed by atoms with van der Waals surface area (Å²) in [5.41, 5.74) is 2.20. The lowest BCUT2D eigenvalue weighted by atomic mass is 10.1. The van der Waals surface area contributed by atoms with E-state index in [1.807, 2.05) is 19.1 Å². The molecule has 0 aliphatic rings. The number of benzene rings is 1. The molecule has 1 aromatic heterocycles. The zero-order valence-corrected chi connectivity index (χ0v) is 9.15. The third kappa shape index (κ3) is 1.88. The monoisotopic (exact) mass is 286 g/mol. The van der Waals surface area contributed by atoms with E-state index in [4.69, 9.17) is 0 Å². The SMILES string of the molecule is Cc1cc(I)cc(-c2ncon2)c1. The number of rotatable bonds is 1. The van der Waals surface area contributed by atoms with E-state index < -0.39 is 0 Å². The largest absolute Gasteiger partial charge is 0.342 e. The van der Waals surface area contributed by atoms with Crippen molar-refractivity contribution in [2.75, 3.05) is 0 Å². The van der Waals surface area contributed by atoms with Crippen LogP contribution >= 0.6 is 22.6 Å². The minimum Gasteiger partial charge on any atom is -0.342 e. The molecule has 0 atom stereocenters. The van der Waals surface area contributed by atoms with E-state index >= 15 is 0 Å². The van der Waals surface area contributed by atoms with E-state index in [0.717, 1.165) is 5.56 Å². The Morgan fingerprint density at radius 3 is 2.77 bits per heavy atom. The van der Waals surface area contributed by atoms with Gasteiger partial charge in [-0.1, -0.05) is 5.16 Å². The van der Waals surface area contributed by atoms with Gasteiger partial charge in [-0.3, -0.25) is 0 Å². The van der Waals surface area contributed by atoms with E-state index in [2.05, 4.69) is 43.3 Å². The topological polar surface area (TPSA) is 38.9 Å². The number of aromatic nitrogens is 2. The molecule has 0 aliphatic heterocycles. The fraction of sp³-hybridized carbons (Fsp3) is 0.111. The van der Waals surface area contributed by atoms with Crippen LogP contribution in [0.5, 0.6) is 0 Å². The van der Waals surface area contributed by atoms with Gasteiger partial charge in [-0.25, -0.2) is 0 Å². The highest BCUT2D eigenvalue weighted by Gasteiger charge is 2.03. The van der Waals surface area contributed by atoms with Crippen molar-refractivity contribution in [2.45, 2.75) is 6.92 Å². The number of hydrogen-bond acceptors (Lipinski definition) is 3. The van der Waals surface area contributed by atoms with Gasteiger partial charge in [0.15, 0.2) is 0 Å². The first-order chi connectivity index (χ1) is 6.25. The predicted molar refractivity (Wildman–Crippen MR) is 57.2 cm³/mol. The number of nitrogens with zero attached hydrogens (tertiary/aromatic N) is 2. The third-order valence-electron chi connectivity index (χ3n) is 1.66. The zero-order chi connectivity index (χ0) is 9.26. The average molecular weight is 286 g/mol. The summed E-state index contributed by atoms with van der Waals surface area (Å²) >= 11 is 2.27. The zero-order valence-electron chi connectivity index (χ0n) is 6.99. The maximum Gasteiger partial charge on any atom is 0.214 e. The molecule has 0 fully saturated rings. The highest BCUT2D eigenvalue weighted by Crippen LogP contribution is 2.19. The van der Waals surface area contributed by atoms with Crippen LogP contribution in [0, 0.1) is 10.5 Å². The summed E-state index contributed by atoms with van der Waals surface area (Å²) in [7, 11) is 0. The Balaban J connectivity index is 2.53. The number of hydrogen-bond donors (Lipinski definition) is 0. The molecule has 66 valence electrons. The minimum absolute atomic E-state index is 0.640. The number of halogens is 1. The molecule has 1 aromatic carbocycles. The van der Waals surface area contributed by atoms with Crippen LogP contribution < -0.4 is 0 Å². The van der Waals surface area contributed by atoms with E-state index in [-0.39, 0.29) is 0 Å². The van der Waals surface area contributed by atoms with Crippen LogP contribution in [0.3, 0.4) is 0 Å². The van der Waals surface area contributed by atoms with Gasteiger partial charge in [-0.15, -0.1) is 0 Å². The van der Waals surface area contributed by atoms with Crippen molar-refractivity contribution in [3.63, 3.8) is 0 Å². The van der Waals surface area contributed by atoms with Gasteiger partial charge >= 0.3 is 0 Å². The summed E-state index contributed by atoms with van der Waals surface area (Å²) in [6.45, 7) is 2.05. The molecular weight excluding hydrogens is 279 g/mol. The van der Waals surface area contributed by atoms with Crippen LogP contribution in [0.15, 0.2) is 29.1 Å². The van der Waals surface area contributed by atoms with Gasteiger partial charge in [0, 0.05) is 9.13 Å². The second kappa shape index (κ2) is 3.45. The Bertz CT molecular complexity index is 391. The summed E-state index contributed by atoms with van der Waals surface area (Å²) in [5.74, 6) is 0.640. The standard InChI is InChI=1S/C9H7IN2O/c1-6-2-7(4-8(10)3-6)9-11-5-13-12-9/h2-5H,1H3. The molecule has 2 rings (SSSR count). The number of aryl methyl sites for hydroxylation is 1. The molecule has 0 bridgehead atoms. The maximum absolute atomic E-state index is 4.69. The molecule has 0 radical (unpaired) electrons. The van der Waals surface area contributed by atoms with Crippen LogP contribution in [0.2, 0.25) is 0 Å². The molecule has 0 amide bonds. The van der Waals surface area contributed by atoms with Crippen molar-refractivity contribution in [3.8, 4) is 11.4 Å². The smallest absolute Gasteiger partial charge is 0.214 e. The van der Waals surface area contributed by atoms with Crippen molar-refractivity contribution in [1.82, 2.24) is 10.1 Å². The lowest BCUT2D eigenvalue weighted by Gasteiger charge is -1.98. The average Bonchev–Trinajstić information content (AvgIpc) is 2.53. The molecule has 2 aromatic rings. The van der Waals surface area contributed by atoms with Crippen LogP contribution in [-0.4, -0.2) is 10.1 Å². The fourth-order valence-electron chi connectivity index (χ4n) is 1.16. The Kier molecular flexibility index (Phi) is 2.30. The molecule has 0 spiro atoms. The van der Waals surface area contributed by atoms with Crippen LogP contribution in [0.25, 0.3) is 11.4 Å². The fourth-order valence-corrected chi connectivity index (χ4v) is 1.99. The summed E-state index contributed by atoms with van der Waals surface area (Å²) in [6.07, 6.45) is 1.34. The molecule has 4 heteroatoms. The molecule has 0 N–H and O–H groups in total. The van der Waals surface area contributed by atoms with Gasteiger partial charge in [-0.05, 0) is 53.3 Å². The van der Waals surface area contributed by atoms with E-state index in [1.165, 1.54) is 15.5 Å². The molecule has 0 aliphatic carbocycles. The molecule has 0 unspecified atom stereocenters. The Morgan fingerprint density at radius 2 is 2.15 bits per heavy atom. The maximum atomic E-state index is 4.69. The Morgan fingerprint density at radius 1 is 1.31 bits per heavy atom. The first kappa shape index (κ1) is 8.68. The lowest BCUT2D eigenvalue weighted by molar-refractivity contribution is 0.419. The molecule has 13 heavy (non-hydrogen) atoms. The highest BCUT2D eigenvalue weighted by molar-refractivity contribution is 14.1. The summed E-state index contributed by atoms with van der Waals surface area (Å²) in [6, 6.07) is 6.16. The van der Waals surface area contributed by atoms with Crippen molar-refractivity contribution < 1.29 is 4.52 Å². The molecule has 3 nitrogen and oxygen atoms in total. The van der Waals surface area contributed by atoms with Gasteiger partial charge in [0.1, 0.15) is 0 Å². The van der Waals surface area contributed by atoms with E-state index in [0.29, 0.717) is 5.82 Å². The first-order valence-corrected chi connectivity index (χ1v) is 4.87. The van der Waals surface area contributed by atoms with Crippen molar-refractivity contribution in [1.29, 1.82) is 0 Å². The second-order valence-electron chi connectivity index (χ2n) is 2.77. The summed E-state index contributed by atoms with van der Waals surface area (Å²) in [5, 5.41) is 3.78. The summed E-state index contributed by atoms with van der Waals surface area (Å²) < 4.78 is 5.86. The highest BCUT2D eigenvalue weighted by atomic mass is 127.